The summed E-state index contributed by atoms with van der Waals surface area (Å²) in [5, 5.41) is 3.17. The molecule has 1 amide bonds. The SMILES string of the molecule is CC(=O)N(c1ccc2c(c1)OCO2)c1nc2ccccc2n1CN(C)c1ccnc(Nc2ccc(CS(C)(=O)=O)cc2)n1. The molecule has 0 bridgehead atoms. The number of aromatic nitrogens is 4. The molecule has 43 heavy (non-hydrogen) atoms. The quantitative estimate of drug-likeness (QED) is 0.256. The van der Waals surface area contributed by atoms with Gasteiger partial charge in [0.25, 0.3) is 0 Å². The van der Waals surface area contributed by atoms with Gasteiger partial charge in [-0.3, -0.25) is 14.3 Å². The number of nitrogens with one attached hydrogen (secondary N) is 1. The van der Waals surface area contributed by atoms with Crippen molar-refractivity contribution in [2.75, 3.05) is 35.2 Å². The van der Waals surface area contributed by atoms with E-state index in [2.05, 4.69) is 15.3 Å². The monoisotopic (exact) mass is 599 g/mol. The van der Waals surface area contributed by atoms with Crippen LogP contribution in [0.5, 0.6) is 11.5 Å². The molecule has 0 saturated heterocycles. The average Bonchev–Trinajstić information content (AvgIpc) is 3.58. The van der Waals surface area contributed by atoms with Gasteiger partial charge in [-0.2, -0.15) is 4.98 Å². The number of benzene rings is 3. The lowest BCUT2D eigenvalue weighted by Gasteiger charge is -2.25. The molecule has 220 valence electrons. The van der Waals surface area contributed by atoms with E-state index in [4.69, 9.17) is 14.5 Å². The number of nitrogens with zero attached hydrogens (tertiary/aromatic N) is 6. The summed E-state index contributed by atoms with van der Waals surface area (Å²) in [5.41, 5.74) is 3.61. The van der Waals surface area contributed by atoms with Crippen molar-refractivity contribution < 1.29 is 22.7 Å². The van der Waals surface area contributed by atoms with E-state index in [9.17, 15) is 13.2 Å². The maximum atomic E-state index is 13.1. The van der Waals surface area contributed by atoms with Crippen LogP contribution in [0.25, 0.3) is 11.0 Å². The van der Waals surface area contributed by atoms with Crippen LogP contribution in [0.15, 0.2) is 79.0 Å². The zero-order chi connectivity index (χ0) is 30.1. The van der Waals surface area contributed by atoms with Crippen LogP contribution in [0.2, 0.25) is 0 Å². The molecular weight excluding hydrogens is 570 g/mol. The van der Waals surface area contributed by atoms with Gasteiger partial charge in [0.2, 0.25) is 24.6 Å². The summed E-state index contributed by atoms with van der Waals surface area (Å²) in [5.74, 6) is 2.40. The number of amides is 1. The number of imidazole rings is 1. The van der Waals surface area contributed by atoms with Crippen molar-refractivity contribution in [2.24, 2.45) is 0 Å². The molecule has 0 atom stereocenters. The first kappa shape index (κ1) is 28.0. The van der Waals surface area contributed by atoms with Crippen molar-refractivity contribution in [1.29, 1.82) is 0 Å². The second-order valence-corrected chi connectivity index (χ2v) is 12.3. The van der Waals surface area contributed by atoms with Crippen molar-refractivity contribution in [3.63, 3.8) is 0 Å². The first-order valence-electron chi connectivity index (χ1n) is 13.4. The molecule has 1 aliphatic rings. The Morgan fingerprint density at radius 2 is 1.77 bits per heavy atom. The van der Waals surface area contributed by atoms with Crippen LogP contribution in [0.4, 0.5) is 29.1 Å². The van der Waals surface area contributed by atoms with E-state index in [0.717, 1.165) is 16.7 Å². The van der Waals surface area contributed by atoms with Crippen LogP contribution in [-0.4, -0.2) is 53.9 Å². The predicted molar refractivity (Wildman–Crippen MR) is 164 cm³/mol. The summed E-state index contributed by atoms with van der Waals surface area (Å²) >= 11 is 0. The van der Waals surface area contributed by atoms with Crippen molar-refractivity contribution in [3.8, 4) is 11.5 Å². The lowest BCUT2D eigenvalue weighted by molar-refractivity contribution is -0.115. The van der Waals surface area contributed by atoms with Gasteiger partial charge in [0.1, 0.15) is 5.82 Å². The molecule has 5 aromatic rings. The van der Waals surface area contributed by atoms with E-state index in [-0.39, 0.29) is 18.5 Å². The summed E-state index contributed by atoms with van der Waals surface area (Å²) in [6.45, 7) is 1.95. The number of hydrogen-bond donors (Lipinski definition) is 1. The molecule has 0 aliphatic carbocycles. The Balaban J connectivity index is 1.29. The standard InChI is InChI=1S/C30H29N7O5S/c1-20(38)37(23-12-13-26-27(16-23)42-19-41-26)30-33-24-6-4-5-7-25(24)36(30)18-35(2)28-14-15-31-29(34-28)32-22-10-8-21(9-11-22)17-43(3,39)40/h4-16H,17-19H2,1-3H3,(H,31,32,34). The maximum Gasteiger partial charge on any atom is 0.231 e. The second kappa shape index (κ2) is 11.2. The predicted octanol–water partition coefficient (Wildman–Crippen LogP) is 4.62. The molecule has 0 fully saturated rings. The third-order valence-electron chi connectivity index (χ3n) is 6.79. The number of carbonyl (C=O) groups is 1. The molecule has 0 radical (unpaired) electrons. The van der Waals surface area contributed by atoms with Crippen molar-refractivity contribution in [3.05, 3.63) is 84.6 Å². The fourth-order valence-corrected chi connectivity index (χ4v) is 5.66. The first-order chi connectivity index (χ1) is 20.6. The molecular formula is C30H29N7O5S. The number of ether oxygens (including phenoxy) is 2. The highest BCUT2D eigenvalue weighted by Gasteiger charge is 2.25. The fraction of sp³-hybridized carbons (Fsp3) is 0.200. The van der Waals surface area contributed by atoms with E-state index in [1.165, 1.54) is 13.2 Å². The van der Waals surface area contributed by atoms with Crippen molar-refractivity contribution >= 4 is 55.9 Å². The van der Waals surface area contributed by atoms with Crippen LogP contribution in [0, 0.1) is 0 Å². The molecule has 2 aromatic heterocycles. The Morgan fingerprint density at radius 1 is 1.00 bits per heavy atom. The fourth-order valence-electron chi connectivity index (χ4n) is 4.86. The van der Waals surface area contributed by atoms with E-state index in [0.29, 0.717) is 47.1 Å². The third-order valence-corrected chi connectivity index (χ3v) is 7.65. The smallest absolute Gasteiger partial charge is 0.231 e. The Hall–Kier alpha value is -5.17. The molecule has 6 rings (SSSR count). The minimum absolute atomic E-state index is 0.0231. The summed E-state index contributed by atoms with van der Waals surface area (Å²) in [6, 6.07) is 21.9. The van der Waals surface area contributed by atoms with Gasteiger partial charge in [-0.25, -0.2) is 18.4 Å². The van der Waals surface area contributed by atoms with Gasteiger partial charge in [-0.1, -0.05) is 24.3 Å². The molecule has 0 spiro atoms. The van der Waals surface area contributed by atoms with Crippen LogP contribution in [0.1, 0.15) is 12.5 Å². The molecule has 0 unspecified atom stereocenters. The van der Waals surface area contributed by atoms with Crippen molar-refractivity contribution in [2.45, 2.75) is 19.3 Å². The number of hydrogen-bond acceptors (Lipinski definition) is 10. The highest BCUT2D eigenvalue weighted by Crippen LogP contribution is 2.38. The number of sulfone groups is 1. The Morgan fingerprint density at radius 3 is 2.53 bits per heavy atom. The van der Waals surface area contributed by atoms with E-state index in [1.807, 2.05) is 40.8 Å². The molecule has 13 heteroatoms. The molecule has 12 nitrogen and oxygen atoms in total. The second-order valence-electron chi connectivity index (χ2n) is 10.2. The van der Waals surface area contributed by atoms with Crippen LogP contribution in [0.3, 0.4) is 0 Å². The number of carbonyl (C=O) groups excluding carboxylic acids is 1. The van der Waals surface area contributed by atoms with Crippen LogP contribution >= 0.6 is 0 Å². The molecule has 0 saturated carbocycles. The number of anilines is 5. The topological polar surface area (TPSA) is 132 Å². The summed E-state index contributed by atoms with van der Waals surface area (Å²) in [7, 11) is -1.23. The Bertz CT molecular complexity index is 1930. The van der Waals surface area contributed by atoms with Gasteiger partial charge in [0.05, 0.1) is 29.1 Å². The third kappa shape index (κ3) is 6.06. The average molecular weight is 600 g/mol. The van der Waals surface area contributed by atoms with E-state index < -0.39 is 9.84 Å². The largest absolute Gasteiger partial charge is 0.454 e. The minimum Gasteiger partial charge on any atom is -0.454 e. The van der Waals surface area contributed by atoms with Crippen LogP contribution in [-0.2, 0) is 27.1 Å². The van der Waals surface area contributed by atoms with E-state index >= 15 is 0 Å². The van der Waals surface area contributed by atoms with Gasteiger partial charge in [0.15, 0.2) is 21.3 Å². The molecule has 3 aromatic carbocycles. The van der Waals surface area contributed by atoms with Gasteiger partial charge in [0, 0.05) is 38.2 Å². The Kier molecular flexibility index (Phi) is 7.32. The summed E-state index contributed by atoms with van der Waals surface area (Å²) in [4.78, 5) is 30.4. The van der Waals surface area contributed by atoms with Gasteiger partial charge in [-0.05, 0) is 48.0 Å². The lowest BCUT2D eigenvalue weighted by atomic mass is 10.2. The zero-order valence-corrected chi connectivity index (χ0v) is 24.6. The molecule has 1 N–H and O–H groups in total. The zero-order valence-electron chi connectivity index (χ0n) is 23.8. The normalized spacial score (nSPS) is 12.3. The highest BCUT2D eigenvalue weighted by molar-refractivity contribution is 7.89. The Labute approximate surface area is 248 Å². The van der Waals surface area contributed by atoms with Crippen molar-refractivity contribution in [1.82, 2.24) is 19.5 Å². The lowest BCUT2D eigenvalue weighted by Crippen LogP contribution is -2.29. The minimum atomic E-state index is -3.12. The van der Waals surface area contributed by atoms with E-state index in [1.54, 1.807) is 59.6 Å². The summed E-state index contributed by atoms with van der Waals surface area (Å²) in [6.07, 6.45) is 2.86. The highest BCUT2D eigenvalue weighted by atomic mass is 32.2. The number of rotatable bonds is 9. The van der Waals surface area contributed by atoms with Gasteiger partial charge >= 0.3 is 0 Å². The van der Waals surface area contributed by atoms with Gasteiger partial charge in [-0.15, -0.1) is 0 Å². The maximum absolute atomic E-state index is 13.1. The molecule has 1 aliphatic heterocycles. The number of fused-ring (bicyclic) bond motifs is 2. The first-order valence-corrected chi connectivity index (χ1v) is 15.4. The molecule has 3 heterocycles. The van der Waals surface area contributed by atoms with Gasteiger partial charge < -0.3 is 19.7 Å². The summed E-state index contributed by atoms with van der Waals surface area (Å²) < 4.78 is 36.1. The number of para-hydroxylation sites is 2. The van der Waals surface area contributed by atoms with Crippen LogP contribution < -0.4 is 24.6 Å².